The van der Waals surface area contributed by atoms with Gasteiger partial charge in [-0.05, 0) is 81.6 Å². The Hall–Kier alpha value is -1.85. The van der Waals surface area contributed by atoms with Crippen LogP contribution in [0.2, 0.25) is 0 Å². The van der Waals surface area contributed by atoms with Crippen LogP contribution in [0.25, 0.3) is 0 Å². The van der Waals surface area contributed by atoms with Crippen LogP contribution in [0.3, 0.4) is 0 Å². The van der Waals surface area contributed by atoms with Crippen molar-refractivity contribution in [1.29, 1.82) is 0 Å². The van der Waals surface area contributed by atoms with E-state index < -0.39 is 0 Å². The molecule has 0 unspecified atom stereocenters. The van der Waals surface area contributed by atoms with E-state index in [2.05, 4.69) is 10.00 Å². The smallest absolute Gasteiger partial charge is 0.274 e. The molecule has 7 rings (SSSR count). The average molecular weight is 397 g/mol. The Morgan fingerprint density at radius 1 is 0.862 bits per heavy atom. The summed E-state index contributed by atoms with van der Waals surface area (Å²) in [7, 11) is 0. The molecule has 29 heavy (non-hydrogen) atoms. The Bertz CT molecular complexity index is 777. The van der Waals surface area contributed by atoms with Crippen molar-refractivity contribution in [3.63, 3.8) is 0 Å². The molecule has 0 radical (unpaired) electrons. The molecule has 0 N–H and O–H groups in total. The lowest BCUT2D eigenvalue weighted by molar-refractivity contribution is -0.159. The number of hydrogen-bond donors (Lipinski definition) is 0. The normalized spacial score (nSPS) is 35.7. The molecule has 4 bridgehead atoms. The van der Waals surface area contributed by atoms with Gasteiger partial charge in [-0.1, -0.05) is 0 Å². The van der Waals surface area contributed by atoms with Crippen molar-refractivity contribution in [2.45, 2.75) is 64.3 Å². The SMILES string of the molecule is O=C(c1cc2n(n1)CCCC2)N1CCN(C(=O)C23CC4CC(CC(C4)C2)C3)CC1. The van der Waals surface area contributed by atoms with Gasteiger partial charge in [-0.3, -0.25) is 14.3 Å². The molecule has 6 nitrogen and oxygen atoms in total. The van der Waals surface area contributed by atoms with Gasteiger partial charge in [0.25, 0.3) is 5.91 Å². The first-order valence-electron chi connectivity index (χ1n) is 11.7. The fourth-order valence-electron chi connectivity index (χ4n) is 7.51. The Kier molecular flexibility index (Phi) is 4.07. The molecule has 2 aliphatic heterocycles. The van der Waals surface area contributed by atoms with Crippen molar-refractivity contribution in [1.82, 2.24) is 19.6 Å². The number of fused-ring (bicyclic) bond motifs is 1. The minimum absolute atomic E-state index is 0.0359. The minimum Gasteiger partial charge on any atom is -0.339 e. The van der Waals surface area contributed by atoms with Crippen molar-refractivity contribution in [2.24, 2.45) is 23.2 Å². The molecule has 4 aliphatic carbocycles. The second kappa shape index (κ2) is 6.58. The maximum atomic E-state index is 13.5. The van der Waals surface area contributed by atoms with Gasteiger partial charge in [0.2, 0.25) is 5.91 Å². The van der Waals surface area contributed by atoms with E-state index in [-0.39, 0.29) is 11.3 Å². The van der Waals surface area contributed by atoms with Gasteiger partial charge in [0.1, 0.15) is 0 Å². The van der Waals surface area contributed by atoms with Crippen LogP contribution in [0.5, 0.6) is 0 Å². The molecule has 2 amide bonds. The Morgan fingerprint density at radius 2 is 1.48 bits per heavy atom. The molecule has 6 heteroatoms. The van der Waals surface area contributed by atoms with Crippen LogP contribution in [-0.2, 0) is 17.8 Å². The summed E-state index contributed by atoms with van der Waals surface area (Å²) < 4.78 is 2.00. The van der Waals surface area contributed by atoms with Crippen LogP contribution in [-0.4, -0.2) is 57.6 Å². The highest BCUT2D eigenvalue weighted by atomic mass is 16.2. The molecular weight excluding hydrogens is 364 g/mol. The van der Waals surface area contributed by atoms with Crippen molar-refractivity contribution in [2.75, 3.05) is 26.2 Å². The molecule has 0 atom stereocenters. The van der Waals surface area contributed by atoms with E-state index in [9.17, 15) is 9.59 Å². The third kappa shape index (κ3) is 2.93. The Morgan fingerprint density at radius 3 is 2.10 bits per heavy atom. The van der Waals surface area contributed by atoms with Gasteiger partial charge in [-0.15, -0.1) is 0 Å². The first-order valence-corrected chi connectivity index (χ1v) is 11.7. The lowest BCUT2D eigenvalue weighted by atomic mass is 9.49. The summed E-state index contributed by atoms with van der Waals surface area (Å²) in [6.07, 6.45) is 10.8. The number of aromatic nitrogens is 2. The van der Waals surface area contributed by atoms with E-state index in [1.54, 1.807) is 0 Å². The van der Waals surface area contributed by atoms with Crippen LogP contribution < -0.4 is 0 Å². The molecule has 156 valence electrons. The lowest BCUT2D eigenvalue weighted by Crippen LogP contribution is -2.58. The summed E-state index contributed by atoms with van der Waals surface area (Å²) in [5.74, 6) is 2.81. The molecule has 1 saturated heterocycles. The first kappa shape index (κ1) is 18.0. The molecular formula is C23H32N4O2. The van der Waals surface area contributed by atoms with Crippen molar-refractivity contribution in [3.05, 3.63) is 17.5 Å². The van der Waals surface area contributed by atoms with Crippen LogP contribution in [0.1, 0.15) is 67.5 Å². The fourth-order valence-corrected chi connectivity index (χ4v) is 7.51. The number of amides is 2. The fraction of sp³-hybridized carbons (Fsp3) is 0.783. The monoisotopic (exact) mass is 396 g/mol. The maximum absolute atomic E-state index is 13.5. The lowest BCUT2D eigenvalue weighted by Gasteiger charge is -2.57. The third-order valence-corrected chi connectivity index (χ3v) is 8.48. The van der Waals surface area contributed by atoms with E-state index in [0.717, 1.165) is 56.4 Å². The number of hydrogen-bond acceptors (Lipinski definition) is 3. The Labute approximate surface area is 172 Å². The molecule has 0 aromatic carbocycles. The summed E-state index contributed by atoms with van der Waals surface area (Å²) in [5.41, 5.74) is 1.71. The van der Waals surface area contributed by atoms with Crippen LogP contribution in [0, 0.1) is 23.2 Å². The van der Waals surface area contributed by atoms with Gasteiger partial charge in [0, 0.05) is 38.4 Å². The second-order valence-corrected chi connectivity index (χ2v) is 10.5. The van der Waals surface area contributed by atoms with Gasteiger partial charge in [0.15, 0.2) is 5.69 Å². The molecule has 0 spiro atoms. The van der Waals surface area contributed by atoms with E-state index in [4.69, 9.17) is 0 Å². The van der Waals surface area contributed by atoms with Crippen LogP contribution >= 0.6 is 0 Å². The predicted molar refractivity (Wildman–Crippen MR) is 108 cm³/mol. The number of rotatable bonds is 2. The van der Waals surface area contributed by atoms with Crippen LogP contribution in [0.15, 0.2) is 6.07 Å². The molecule has 5 fully saturated rings. The summed E-state index contributed by atoms with van der Waals surface area (Å²) in [6.45, 7) is 3.56. The third-order valence-electron chi connectivity index (χ3n) is 8.48. The summed E-state index contributed by atoms with van der Waals surface area (Å²) >= 11 is 0. The zero-order chi connectivity index (χ0) is 19.6. The van der Waals surface area contributed by atoms with Crippen LogP contribution in [0.4, 0.5) is 0 Å². The highest BCUT2D eigenvalue weighted by Crippen LogP contribution is 2.60. The largest absolute Gasteiger partial charge is 0.339 e. The van der Waals surface area contributed by atoms with Gasteiger partial charge in [-0.2, -0.15) is 5.10 Å². The molecule has 3 heterocycles. The van der Waals surface area contributed by atoms with Gasteiger partial charge < -0.3 is 9.80 Å². The first-order chi connectivity index (χ1) is 14.1. The van der Waals surface area contributed by atoms with Gasteiger partial charge >= 0.3 is 0 Å². The van der Waals surface area contributed by atoms with Crippen molar-refractivity contribution >= 4 is 11.8 Å². The zero-order valence-electron chi connectivity index (χ0n) is 17.3. The molecule has 1 aromatic rings. The summed E-state index contributed by atoms with van der Waals surface area (Å²) in [4.78, 5) is 30.5. The molecule has 1 aromatic heterocycles. The molecule has 6 aliphatic rings. The second-order valence-electron chi connectivity index (χ2n) is 10.5. The topological polar surface area (TPSA) is 58.4 Å². The minimum atomic E-state index is -0.0656. The van der Waals surface area contributed by atoms with Crippen molar-refractivity contribution in [3.8, 4) is 0 Å². The number of carbonyl (C=O) groups is 2. The average Bonchev–Trinajstić information content (AvgIpc) is 3.16. The van der Waals surface area contributed by atoms with E-state index >= 15 is 0 Å². The van der Waals surface area contributed by atoms with Gasteiger partial charge in [0.05, 0.1) is 5.41 Å². The Balaban J connectivity index is 1.11. The number of carbonyl (C=O) groups excluding carboxylic acids is 2. The van der Waals surface area contributed by atoms with E-state index in [1.807, 2.05) is 15.6 Å². The zero-order valence-corrected chi connectivity index (χ0v) is 17.3. The molecule has 4 saturated carbocycles. The highest BCUT2D eigenvalue weighted by Gasteiger charge is 2.55. The number of nitrogens with zero attached hydrogens (tertiary/aromatic N) is 4. The maximum Gasteiger partial charge on any atom is 0.274 e. The highest BCUT2D eigenvalue weighted by molar-refractivity contribution is 5.92. The van der Waals surface area contributed by atoms with E-state index in [0.29, 0.717) is 37.8 Å². The predicted octanol–water partition coefficient (Wildman–Crippen LogP) is 2.72. The number of aryl methyl sites for hydroxylation is 2. The van der Waals surface area contributed by atoms with Gasteiger partial charge in [-0.25, -0.2) is 0 Å². The van der Waals surface area contributed by atoms with Crippen molar-refractivity contribution < 1.29 is 9.59 Å². The standard InChI is InChI=1S/C23H32N4O2/c28-21(20-12-19-3-1-2-4-27(19)24-20)25-5-7-26(8-6-25)22(29)23-13-16-9-17(14-23)11-18(10-16)15-23/h12,16-18H,1-11,13-15H2. The summed E-state index contributed by atoms with van der Waals surface area (Å²) in [5, 5.41) is 4.55. The van der Waals surface area contributed by atoms with E-state index in [1.165, 1.54) is 31.4 Å². The number of piperazine rings is 1. The summed E-state index contributed by atoms with van der Waals surface area (Å²) in [6, 6.07) is 1.98. The quantitative estimate of drug-likeness (QED) is 0.772.